The first-order valence-electron chi connectivity index (χ1n) is 15.2. The largest absolute Gasteiger partial charge is 0.507 e. The molecule has 7 rings (SSSR count). The van der Waals surface area contributed by atoms with Gasteiger partial charge in [-0.05, 0) is 54.4 Å². The molecule has 0 amide bonds. The van der Waals surface area contributed by atoms with Crippen molar-refractivity contribution < 1.29 is 48.7 Å². The molecule has 3 N–H and O–H groups in total. The van der Waals surface area contributed by atoms with Crippen molar-refractivity contribution in [1.29, 1.82) is 0 Å². The molecule has 44 heavy (non-hydrogen) atoms. The first kappa shape index (κ1) is 30.8. The minimum absolute atomic E-state index is 0.00760. The quantitative estimate of drug-likeness (QED) is 0.316. The number of hydrogen-bond donors (Lipinski definition) is 3. The molecule has 238 valence electrons. The molecule has 1 saturated heterocycles. The Labute approximate surface area is 257 Å². The summed E-state index contributed by atoms with van der Waals surface area (Å²) in [4.78, 5) is 41.5. The van der Waals surface area contributed by atoms with Crippen LogP contribution in [0.15, 0.2) is 23.3 Å². The molecule has 3 aliphatic heterocycles. The number of aliphatic hydroxyl groups is 1. The smallest absolute Gasteiger partial charge is 0.330 e. The van der Waals surface area contributed by atoms with Gasteiger partial charge in [0.05, 0.1) is 11.5 Å². The van der Waals surface area contributed by atoms with E-state index in [9.17, 15) is 29.7 Å². The van der Waals surface area contributed by atoms with Crippen LogP contribution in [-0.4, -0.2) is 74.6 Å². The molecule has 0 radical (unpaired) electrons. The Morgan fingerprint density at radius 2 is 1.75 bits per heavy atom. The molecule has 3 heterocycles. The molecule has 3 saturated carbocycles. The number of aliphatic hydroxyl groups excluding tert-OH is 1. The number of hydrogen-bond acceptors (Lipinski definition) is 9. The van der Waals surface area contributed by atoms with Crippen LogP contribution in [0.4, 0.5) is 0 Å². The van der Waals surface area contributed by atoms with Crippen molar-refractivity contribution in [2.45, 2.75) is 115 Å². The van der Waals surface area contributed by atoms with Crippen LogP contribution >= 0.6 is 0 Å². The van der Waals surface area contributed by atoms with E-state index in [0.29, 0.717) is 23.3 Å². The third-order valence-electron chi connectivity index (χ3n) is 11.3. The first-order chi connectivity index (χ1) is 20.4. The molecule has 7 atom stereocenters. The van der Waals surface area contributed by atoms with Crippen LogP contribution in [0.1, 0.15) is 89.7 Å². The van der Waals surface area contributed by atoms with Crippen molar-refractivity contribution in [2.75, 3.05) is 7.11 Å². The number of methoxy groups -OCH3 is 1. The average Bonchev–Trinajstić information content (AvgIpc) is 3.24. The standard InChI is InChI=1S/C34H42O10/c1-15(2)10-11-18-23(35)20-24(36)21-27(37)32(41-9)14-19-31(7,8)44-33(29(32)40,13-12-16(3)28(38)39)34(19,21)43-26(20)22-25(18)42-17(4)30(22,5)6/h10,12,17,19,21,27,35,37H,11,13-14H2,1-9H3,(H,38,39). The maximum atomic E-state index is 14.9. The molecule has 6 aliphatic rings. The second-order valence-electron chi connectivity index (χ2n) is 14.5. The summed E-state index contributed by atoms with van der Waals surface area (Å²) in [7, 11) is 1.32. The Bertz CT molecular complexity index is 1580. The molecular weight excluding hydrogens is 568 g/mol. The van der Waals surface area contributed by atoms with Gasteiger partial charge in [-0.15, -0.1) is 0 Å². The van der Waals surface area contributed by atoms with Gasteiger partial charge in [-0.3, -0.25) is 9.59 Å². The average molecular weight is 611 g/mol. The lowest BCUT2D eigenvalue weighted by molar-refractivity contribution is -0.263. The third-order valence-corrected chi connectivity index (χ3v) is 11.3. The van der Waals surface area contributed by atoms with Crippen LogP contribution in [0.5, 0.6) is 17.2 Å². The van der Waals surface area contributed by atoms with Crippen LogP contribution in [0.3, 0.4) is 0 Å². The highest BCUT2D eigenvalue weighted by Crippen LogP contribution is 2.72. The lowest BCUT2D eigenvalue weighted by Gasteiger charge is -2.65. The van der Waals surface area contributed by atoms with Gasteiger partial charge in [0.2, 0.25) is 5.78 Å². The molecule has 4 fully saturated rings. The zero-order valence-electron chi connectivity index (χ0n) is 26.8. The summed E-state index contributed by atoms with van der Waals surface area (Å²) >= 11 is 0. The maximum absolute atomic E-state index is 14.9. The van der Waals surface area contributed by atoms with E-state index in [0.717, 1.165) is 5.57 Å². The van der Waals surface area contributed by atoms with Gasteiger partial charge in [-0.2, -0.15) is 0 Å². The SMILES string of the molecule is COC12CC3C(C)(C)OC(CC=C(C)C(=O)O)(C1=O)C31Oc3c(c(O)c(CC=C(C)C)c4c3C(C)(C)C(C)O4)C(=O)C1C2O. The summed E-state index contributed by atoms with van der Waals surface area (Å²) in [5.41, 5.74) is -5.09. The predicted molar refractivity (Wildman–Crippen MR) is 158 cm³/mol. The molecule has 7 unspecified atom stereocenters. The summed E-state index contributed by atoms with van der Waals surface area (Å²) in [5, 5.41) is 33.4. The van der Waals surface area contributed by atoms with E-state index in [1.165, 1.54) is 20.1 Å². The van der Waals surface area contributed by atoms with Gasteiger partial charge in [0.15, 0.2) is 22.6 Å². The summed E-state index contributed by atoms with van der Waals surface area (Å²) in [6, 6.07) is 0. The van der Waals surface area contributed by atoms with E-state index in [2.05, 4.69) is 0 Å². The van der Waals surface area contributed by atoms with Gasteiger partial charge in [0.1, 0.15) is 35.0 Å². The summed E-state index contributed by atoms with van der Waals surface area (Å²) < 4.78 is 26.0. The number of Topliss-reactive ketones (excluding diaryl/α,β-unsaturated/α-hetero) is 2. The zero-order chi connectivity index (χ0) is 32.5. The lowest BCUT2D eigenvalue weighted by Crippen LogP contribution is -2.86. The van der Waals surface area contributed by atoms with E-state index in [-0.39, 0.29) is 41.6 Å². The second kappa shape index (κ2) is 9.17. The topological polar surface area (TPSA) is 149 Å². The Hall–Kier alpha value is -3.21. The number of phenols is 1. The van der Waals surface area contributed by atoms with Gasteiger partial charge in [-0.1, -0.05) is 31.6 Å². The number of aliphatic carboxylic acids is 1. The molecule has 0 aromatic heterocycles. The van der Waals surface area contributed by atoms with E-state index in [1.807, 2.05) is 54.5 Å². The minimum atomic E-state index is -1.87. The van der Waals surface area contributed by atoms with Crippen LogP contribution in [-0.2, 0) is 30.9 Å². The maximum Gasteiger partial charge on any atom is 0.330 e. The van der Waals surface area contributed by atoms with Gasteiger partial charge >= 0.3 is 5.97 Å². The Balaban J connectivity index is 1.70. The number of rotatable bonds is 6. The van der Waals surface area contributed by atoms with Crippen molar-refractivity contribution in [3.63, 3.8) is 0 Å². The predicted octanol–water partition coefficient (Wildman–Crippen LogP) is 4.21. The van der Waals surface area contributed by atoms with Gasteiger partial charge in [0, 0.05) is 41.6 Å². The molecule has 4 bridgehead atoms. The van der Waals surface area contributed by atoms with E-state index >= 15 is 0 Å². The van der Waals surface area contributed by atoms with Gasteiger partial charge in [0.25, 0.3) is 0 Å². The first-order valence-corrected chi connectivity index (χ1v) is 15.2. The zero-order valence-corrected chi connectivity index (χ0v) is 26.8. The molecule has 1 aromatic rings. The number of carbonyl (C=O) groups excluding carboxylic acids is 2. The molecule has 3 aliphatic carbocycles. The Morgan fingerprint density at radius 3 is 2.34 bits per heavy atom. The van der Waals surface area contributed by atoms with E-state index < -0.39 is 63.3 Å². The number of aromatic hydroxyl groups is 1. The molecule has 10 heteroatoms. The van der Waals surface area contributed by atoms with Gasteiger partial charge in [-0.25, -0.2) is 4.79 Å². The van der Waals surface area contributed by atoms with Crippen molar-refractivity contribution in [3.05, 3.63) is 40.0 Å². The van der Waals surface area contributed by atoms with Crippen molar-refractivity contribution in [2.24, 2.45) is 11.8 Å². The monoisotopic (exact) mass is 610 g/mol. The minimum Gasteiger partial charge on any atom is -0.507 e. The molecule has 1 spiro atoms. The summed E-state index contributed by atoms with van der Waals surface area (Å²) in [5.74, 6) is -4.02. The van der Waals surface area contributed by atoms with Crippen LogP contribution in [0.25, 0.3) is 0 Å². The number of allylic oxidation sites excluding steroid dienone is 2. The highest BCUT2D eigenvalue weighted by molar-refractivity contribution is 6.11. The number of ether oxygens (including phenoxy) is 4. The summed E-state index contributed by atoms with van der Waals surface area (Å²) in [6.45, 7) is 14.8. The second-order valence-corrected chi connectivity index (χ2v) is 14.5. The third kappa shape index (κ3) is 3.39. The summed E-state index contributed by atoms with van der Waals surface area (Å²) in [6.07, 6.45) is 1.52. The fourth-order valence-corrected chi connectivity index (χ4v) is 8.65. The molecule has 1 aromatic carbocycles. The van der Waals surface area contributed by atoms with E-state index in [1.54, 1.807) is 0 Å². The number of carboxylic acid groups (broad SMARTS) is 1. The van der Waals surface area contributed by atoms with Gasteiger partial charge < -0.3 is 34.3 Å². The number of carboxylic acids is 1. The van der Waals surface area contributed by atoms with Crippen LogP contribution in [0.2, 0.25) is 0 Å². The number of carbonyl (C=O) groups is 3. The lowest BCUT2D eigenvalue weighted by atomic mass is 9.44. The van der Waals surface area contributed by atoms with Crippen molar-refractivity contribution in [1.82, 2.24) is 0 Å². The molecule has 10 nitrogen and oxygen atoms in total. The van der Waals surface area contributed by atoms with Crippen LogP contribution < -0.4 is 9.47 Å². The van der Waals surface area contributed by atoms with Crippen LogP contribution in [0, 0.1) is 11.8 Å². The fourth-order valence-electron chi connectivity index (χ4n) is 8.65. The van der Waals surface area contributed by atoms with Crippen molar-refractivity contribution in [3.8, 4) is 17.2 Å². The number of fused-ring (bicyclic) bond motifs is 3. The number of benzene rings is 1. The Kier molecular flexibility index (Phi) is 6.42. The number of ketones is 2. The number of phenolic OH excluding ortho intramolecular Hbond substituents is 1. The highest BCUT2D eigenvalue weighted by Gasteiger charge is 2.89. The fraction of sp³-hybridized carbons (Fsp3) is 0.618. The van der Waals surface area contributed by atoms with Crippen molar-refractivity contribution >= 4 is 17.5 Å². The van der Waals surface area contributed by atoms with E-state index in [4.69, 9.17) is 18.9 Å². The Morgan fingerprint density at radius 1 is 1.09 bits per heavy atom. The normalized spacial score (nSPS) is 37.1. The molecular formula is C34H42O10. The highest BCUT2D eigenvalue weighted by atomic mass is 16.6.